The van der Waals surface area contributed by atoms with Gasteiger partial charge in [-0.1, -0.05) is 19.1 Å². The summed E-state index contributed by atoms with van der Waals surface area (Å²) in [5.41, 5.74) is 1.05. The van der Waals surface area contributed by atoms with Gasteiger partial charge in [-0.2, -0.15) is 0 Å². The number of nitrogens with zero attached hydrogens (tertiary/aromatic N) is 1. The van der Waals surface area contributed by atoms with Gasteiger partial charge >= 0.3 is 0 Å². The van der Waals surface area contributed by atoms with E-state index >= 15 is 0 Å². The number of hydrogen-bond acceptors (Lipinski definition) is 6. The molecule has 1 aliphatic rings. The third kappa shape index (κ3) is 5.26. The molecule has 2 atom stereocenters. The molecule has 1 aromatic carbocycles. The summed E-state index contributed by atoms with van der Waals surface area (Å²) in [6.07, 6.45) is 1.66. The predicted molar refractivity (Wildman–Crippen MR) is 100 cm³/mol. The van der Waals surface area contributed by atoms with Gasteiger partial charge in [-0.05, 0) is 57.7 Å². The Morgan fingerprint density at radius 3 is 2.36 bits per heavy atom. The number of nitrogens with one attached hydrogen (secondary N) is 1. The highest BCUT2D eigenvalue weighted by molar-refractivity contribution is 7.96. The average Bonchev–Trinajstić information content (AvgIpc) is 2.87. The molecule has 0 bridgehead atoms. The largest absolute Gasteiger partial charge is 0.312 e. The van der Waals surface area contributed by atoms with Crippen molar-refractivity contribution in [3.8, 4) is 0 Å². The Hall–Kier alpha value is -0.960. The molecule has 0 radical (unpaired) electrons. The standard InChI is InChI=1S/C17H28N2O4S2/c1-4-14-6-8-15(9-7-14)25(22,23)17-13-24(20,21)12-16(17)18-10-5-11-19(2)3/h6-9,16-18H,4-5,10-13H2,1-3H3/t16-,17-/m0/s1. The van der Waals surface area contributed by atoms with E-state index in [0.29, 0.717) is 6.54 Å². The van der Waals surface area contributed by atoms with E-state index < -0.39 is 31.0 Å². The SMILES string of the molecule is CCc1ccc(S(=O)(=O)[C@H]2CS(=O)(=O)C[C@@H]2NCCCN(C)C)cc1. The molecular formula is C17H28N2O4S2. The lowest BCUT2D eigenvalue weighted by atomic mass is 10.2. The van der Waals surface area contributed by atoms with Crippen molar-refractivity contribution in [2.24, 2.45) is 0 Å². The van der Waals surface area contributed by atoms with E-state index in [1.165, 1.54) is 0 Å². The molecule has 0 amide bonds. The lowest BCUT2D eigenvalue weighted by Crippen LogP contribution is -2.44. The maximum absolute atomic E-state index is 13.0. The minimum atomic E-state index is -3.69. The van der Waals surface area contributed by atoms with Crippen LogP contribution >= 0.6 is 0 Å². The molecule has 2 rings (SSSR count). The second-order valence-corrected chi connectivity index (χ2v) is 11.2. The van der Waals surface area contributed by atoms with Crippen LogP contribution in [-0.2, 0) is 26.1 Å². The van der Waals surface area contributed by atoms with Crippen LogP contribution in [0.25, 0.3) is 0 Å². The molecule has 6 nitrogen and oxygen atoms in total. The summed E-state index contributed by atoms with van der Waals surface area (Å²) < 4.78 is 50.0. The zero-order chi connectivity index (χ0) is 18.7. The molecule has 0 spiro atoms. The van der Waals surface area contributed by atoms with Crippen LogP contribution in [0.5, 0.6) is 0 Å². The van der Waals surface area contributed by atoms with E-state index in [2.05, 4.69) is 5.32 Å². The average molecular weight is 389 g/mol. The van der Waals surface area contributed by atoms with E-state index in [0.717, 1.165) is 24.9 Å². The first-order valence-corrected chi connectivity index (χ1v) is 11.9. The third-order valence-electron chi connectivity index (χ3n) is 4.55. The van der Waals surface area contributed by atoms with Crippen molar-refractivity contribution in [3.63, 3.8) is 0 Å². The molecule has 0 unspecified atom stereocenters. The number of benzene rings is 1. The molecule has 142 valence electrons. The van der Waals surface area contributed by atoms with Crippen LogP contribution in [0.15, 0.2) is 29.2 Å². The molecule has 1 saturated heterocycles. The summed E-state index contributed by atoms with van der Waals surface area (Å²) in [6.45, 7) is 3.46. The van der Waals surface area contributed by atoms with Crippen molar-refractivity contribution < 1.29 is 16.8 Å². The second-order valence-electron chi connectivity index (χ2n) is 6.88. The van der Waals surface area contributed by atoms with Gasteiger partial charge in [0.2, 0.25) is 0 Å². The Morgan fingerprint density at radius 1 is 1.16 bits per heavy atom. The lowest BCUT2D eigenvalue weighted by molar-refractivity contribution is 0.388. The summed E-state index contributed by atoms with van der Waals surface area (Å²) >= 11 is 0. The Balaban J connectivity index is 2.17. The van der Waals surface area contributed by atoms with Gasteiger partial charge in [0.25, 0.3) is 0 Å². The van der Waals surface area contributed by atoms with E-state index in [1.807, 2.05) is 25.9 Å². The molecule has 0 aliphatic carbocycles. The molecule has 1 heterocycles. The number of sulfone groups is 2. The molecular weight excluding hydrogens is 360 g/mol. The summed E-state index contributed by atoms with van der Waals surface area (Å²) in [6, 6.07) is 6.19. The van der Waals surface area contributed by atoms with Crippen molar-refractivity contribution in [2.45, 2.75) is 36.0 Å². The Kier molecular flexibility index (Phi) is 6.64. The maximum Gasteiger partial charge on any atom is 0.183 e. The van der Waals surface area contributed by atoms with Crippen molar-refractivity contribution in [3.05, 3.63) is 29.8 Å². The molecule has 1 aliphatic heterocycles. The summed E-state index contributed by atoms with van der Waals surface area (Å²) in [5.74, 6) is -0.428. The smallest absolute Gasteiger partial charge is 0.183 e. The molecule has 0 saturated carbocycles. The number of aryl methyl sites for hydroxylation is 1. The van der Waals surface area contributed by atoms with Gasteiger partial charge in [-0.25, -0.2) is 16.8 Å². The minimum Gasteiger partial charge on any atom is -0.312 e. The minimum absolute atomic E-state index is 0.119. The topological polar surface area (TPSA) is 83.5 Å². The molecule has 0 aromatic heterocycles. The highest BCUT2D eigenvalue weighted by Gasteiger charge is 2.45. The Labute approximate surface area is 151 Å². The van der Waals surface area contributed by atoms with E-state index in [9.17, 15) is 16.8 Å². The quantitative estimate of drug-likeness (QED) is 0.661. The normalized spacial score (nSPS) is 23.2. The highest BCUT2D eigenvalue weighted by Crippen LogP contribution is 2.26. The van der Waals surface area contributed by atoms with Crippen molar-refractivity contribution >= 4 is 19.7 Å². The molecule has 25 heavy (non-hydrogen) atoms. The first kappa shape index (κ1) is 20.4. The Morgan fingerprint density at radius 2 is 1.80 bits per heavy atom. The Bertz CT molecular complexity index is 771. The van der Waals surface area contributed by atoms with Crippen LogP contribution in [0.3, 0.4) is 0 Å². The van der Waals surface area contributed by atoms with Crippen LogP contribution < -0.4 is 5.32 Å². The van der Waals surface area contributed by atoms with Gasteiger partial charge in [0.05, 0.1) is 21.7 Å². The first-order valence-electron chi connectivity index (χ1n) is 8.57. The molecule has 1 fully saturated rings. The molecule has 1 aromatic rings. The van der Waals surface area contributed by atoms with Gasteiger partial charge < -0.3 is 10.2 Å². The van der Waals surface area contributed by atoms with Gasteiger partial charge in [-0.15, -0.1) is 0 Å². The fraction of sp³-hybridized carbons (Fsp3) is 0.647. The van der Waals surface area contributed by atoms with Crippen LogP contribution in [0.4, 0.5) is 0 Å². The van der Waals surface area contributed by atoms with Crippen LogP contribution in [0.2, 0.25) is 0 Å². The van der Waals surface area contributed by atoms with Gasteiger partial charge in [-0.3, -0.25) is 0 Å². The summed E-state index contributed by atoms with van der Waals surface area (Å²) in [5, 5.41) is 2.23. The zero-order valence-corrected chi connectivity index (χ0v) is 16.7. The monoisotopic (exact) mass is 388 g/mol. The van der Waals surface area contributed by atoms with E-state index in [4.69, 9.17) is 0 Å². The predicted octanol–water partition coefficient (Wildman–Crippen LogP) is 0.730. The maximum atomic E-state index is 13.0. The van der Waals surface area contributed by atoms with Crippen LogP contribution in [-0.4, -0.2) is 71.7 Å². The molecule has 1 N–H and O–H groups in total. The second kappa shape index (κ2) is 8.16. The fourth-order valence-electron chi connectivity index (χ4n) is 3.08. The molecule has 8 heteroatoms. The third-order valence-corrected chi connectivity index (χ3v) is 8.71. The highest BCUT2D eigenvalue weighted by atomic mass is 32.2. The van der Waals surface area contributed by atoms with E-state index in [1.54, 1.807) is 24.3 Å². The van der Waals surface area contributed by atoms with Crippen LogP contribution in [0, 0.1) is 0 Å². The van der Waals surface area contributed by atoms with E-state index in [-0.39, 0.29) is 16.4 Å². The zero-order valence-electron chi connectivity index (χ0n) is 15.1. The van der Waals surface area contributed by atoms with Crippen molar-refractivity contribution in [2.75, 3.05) is 38.7 Å². The summed E-state index contributed by atoms with van der Waals surface area (Å²) in [7, 11) is -3.11. The van der Waals surface area contributed by atoms with Gasteiger partial charge in [0, 0.05) is 6.04 Å². The fourth-order valence-corrected chi connectivity index (χ4v) is 7.80. The van der Waals surface area contributed by atoms with Gasteiger partial charge in [0.1, 0.15) is 0 Å². The first-order chi connectivity index (χ1) is 11.7. The van der Waals surface area contributed by atoms with Crippen LogP contribution in [0.1, 0.15) is 18.9 Å². The summed E-state index contributed by atoms with van der Waals surface area (Å²) in [4.78, 5) is 2.24. The number of rotatable bonds is 8. The van der Waals surface area contributed by atoms with Gasteiger partial charge in [0.15, 0.2) is 19.7 Å². The van der Waals surface area contributed by atoms with Crippen molar-refractivity contribution in [1.82, 2.24) is 10.2 Å². The lowest BCUT2D eigenvalue weighted by Gasteiger charge is -2.20. The van der Waals surface area contributed by atoms with Crippen molar-refractivity contribution in [1.29, 1.82) is 0 Å². The number of hydrogen-bond donors (Lipinski definition) is 1.